The fourth-order valence-electron chi connectivity index (χ4n) is 2.60. The number of hydrogen-bond acceptors (Lipinski definition) is 2. The second-order valence-electron chi connectivity index (χ2n) is 5.18. The Labute approximate surface area is 102 Å². The number of rotatable bonds is 2. The summed E-state index contributed by atoms with van der Waals surface area (Å²) in [4.78, 5) is 0. The van der Waals surface area contributed by atoms with Crippen LogP contribution in [0.2, 0.25) is 0 Å². The van der Waals surface area contributed by atoms with Crippen LogP contribution in [0.15, 0.2) is 18.2 Å². The highest BCUT2D eigenvalue weighted by Crippen LogP contribution is 2.32. The van der Waals surface area contributed by atoms with Crippen molar-refractivity contribution in [3.63, 3.8) is 0 Å². The summed E-state index contributed by atoms with van der Waals surface area (Å²) in [6, 6.07) is 4.89. The monoisotopic (exact) mass is 237 g/mol. The van der Waals surface area contributed by atoms with Gasteiger partial charge in [-0.1, -0.05) is 26.7 Å². The Morgan fingerprint density at radius 3 is 2.76 bits per heavy atom. The molecule has 3 atom stereocenters. The van der Waals surface area contributed by atoms with Crippen LogP contribution in [-0.4, -0.2) is 11.1 Å². The minimum absolute atomic E-state index is 0.291. The smallest absolute Gasteiger partial charge is 0.166 e. The van der Waals surface area contributed by atoms with Crippen molar-refractivity contribution >= 4 is 5.69 Å². The van der Waals surface area contributed by atoms with Gasteiger partial charge in [0.25, 0.3) is 0 Å². The third-order valence-corrected chi connectivity index (χ3v) is 4.01. The van der Waals surface area contributed by atoms with E-state index in [9.17, 15) is 4.39 Å². The lowest BCUT2D eigenvalue weighted by Crippen LogP contribution is -2.34. The van der Waals surface area contributed by atoms with Crippen LogP contribution in [-0.2, 0) is 0 Å². The first kappa shape index (κ1) is 12.2. The van der Waals surface area contributed by atoms with Crippen molar-refractivity contribution in [2.24, 2.45) is 11.8 Å². The first-order valence-corrected chi connectivity index (χ1v) is 6.33. The summed E-state index contributed by atoms with van der Waals surface area (Å²) >= 11 is 0. The molecule has 0 saturated heterocycles. The van der Waals surface area contributed by atoms with E-state index in [2.05, 4.69) is 19.2 Å². The molecule has 1 fully saturated rings. The SMILES string of the molecule is CC1CCCC(Nc2ccc(O)c(F)c2)C1C. The van der Waals surface area contributed by atoms with E-state index < -0.39 is 5.82 Å². The van der Waals surface area contributed by atoms with E-state index in [4.69, 9.17) is 5.11 Å². The molecular weight excluding hydrogens is 217 g/mol. The molecule has 2 nitrogen and oxygen atoms in total. The Hall–Kier alpha value is -1.25. The summed E-state index contributed by atoms with van der Waals surface area (Å²) in [6.45, 7) is 4.52. The van der Waals surface area contributed by atoms with Crippen molar-refractivity contribution in [2.75, 3.05) is 5.32 Å². The van der Waals surface area contributed by atoms with Gasteiger partial charge in [-0.05, 0) is 30.4 Å². The maximum absolute atomic E-state index is 13.2. The number of aromatic hydroxyl groups is 1. The Morgan fingerprint density at radius 2 is 2.06 bits per heavy atom. The zero-order valence-electron chi connectivity index (χ0n) is 10.4. The second-order valence-corrected chi connectivity index (χ2v) is 5.18. The Kier molecular flexibility index (Phi) is 3.55. The molecule has 1 aliphatic carbocycles. The molecule has 17 heavy (non-hydrogen) atoms. The van der Waals surface area contributed by atoms with E-state index in [1.807, 2.05) is 0 Å². The molecule has 2 N–H and O–H groups in total. The lowest BCUT2D eigenvalue weighted by molar-refractivity contribution is 0.253. The van der Waals surface area contributed by atoms with Crippen molar-refractivity contribution in [2.45, 2.75) is 39.2 Å². The minimum Gasteiger partial charge on any atom is -0.505 e. The molecule has 0 amide bonds. The van der Waals surface area contributed by atoms with Gasteiger partial charge in [0, 0.05) is 17.8 Å². The van der Waals surface area contributed by atoms with Crippen LogP contribution < -0.4 is 5.32 Å². The minimum atomic E-state index is -0.563. The second kappa shape index (κ2) is 4.94. The Bertz CT molecular complexity index is 394. The van der Waals surface area contributed by atoms with Gasteiger partial charge in [-0.25, -0.2) is 4.39 Å². The van der Waals surface area contributed by atoms with Gasteiger partial charge in [0.1, 0.15) is 0 Å². The number of hydrogen-bond donors (Lipinski definition) is 2. The molecule has 1 aromatic carbocycles. The van der Waals surface area contributed by atoms with Gasteiger partial charge in [0.15, 0.2) is 11.6 Å². The van der Waals surface area contributed by atoms with Crippen LogP contribution in [0.1, 0.15) is 33.1 Å². The van der Waals surface area contributed by atoms with Crippen LogP contribution in [0.3, 0.4) is 0 Å². The van der Waals surface area contributed by atoms with Crippen LogP contribution in [0.25, 0.3) is 0 Å². The molecule has 2 rings (SSSR count). The third kappa shape index (κ3) is 2.71. The van der Waals surface area contributed by atoms with Crippen molar-refractivity contribution < 1.29 is 9.50 Å². The highest BCUT2D eigenvalue weighted by atomic mass is 19.1. The summed E-state index contributed by atoms with van der Waals surface area (Å²) in [7, 11) is 0. The molecule has 0 spiro atoms. The van der Waals surface area contributed by atoms with Gasteiger partial charge >= 0.3 is 0 Å². The van der Waals surface area contributed by atoms with Gasteiger partial charge < -0.3 is 10.4 Å². The molecule has 1 aliphatic rings. The maximum Gasteiger partial charge on any atom is 0.166 e. The van der Waals surface area contributed by atoms with Crippen molar-refractivity contribution in [1.82, 2.24) is 0 Å². The van der Waals surface area contributed by atoms with Crippen LogP contribution in [0, 0.1) is 17.7 Å². The maximum atomic E-state index is 13.2. The average Bonchev–Trinajstić information content (AvgIpc) is 2.30. The van der Waals surface area contributed by atoms with Gasteiger partial charge in [0.2, 0.25) is 0 Å². The Balaban J connectivity index is 2.07. The quantitative estimate of drug-likeness (QED) is 0.767. The largest absolute Gasteiger partial charge is 0.505 e. The van der Waals surface area contributed by atoms with Gasteiger partial charge in [0.05, 0.1) is 0 Å². The zero-order valence-corrected chi connectivity index (χ0v) is 10.4. The van der Waals surface area contributed by atoms with Crippen molar-refractivity contribution in [3.05, 3.63) is 24.0 Å². The molecule has 0 heterocycles. The first-order chi connectivity index (χ1) is 8.08. The van der Waals surface area contributed by atoms with Crippen molar-refractivity contribution in [3.8, 4) is 5.75 Å². The highest BCUT2D eigenvalue weighted by Gasteiger charge is 2.26. The molecule has 3 unspecified atom stereocenters. The van der Waals surface area contributed by atoms with E-state index in [1.54, 1.807) is 6.07 Å². The Morgan fingerprint density at radius 1 is 1.29 bits per heavy atom. The highest BCUT2D eigenvalue weighted by molar-refractivity contribution is 5.47. The number of phenols is 1. The average molecular weight is 237 g/mol. The topological polar surface area (TPSA) is 32.3 Å². The third-order valence-electron chi connectivity index (χ3n) is 4.01. The molecule has 0 bridgehead atoms. The normalized spacial score (nSPS) is 29.0. The van der Waals surface area contributed by atoms with Crippen LogP contribution in [0.5, 0.6) is 5.75 Å². The molecule has 3 heteroatoms. The lowest BCUT2D eigenvalue weighted by atomic mass is 9.78. The number of phenolic OH excluding ortho intramolecular Hbond substituents is 1. The number of nitrogens with one attached hydrogen (secondary N) is 1. The van der Waals surface area contributed by atoms with Crippen molar-refractivity contribution in [1.29, 1.82) is 0 Å². The summed E-state index contributed by atoms with van der Waals surface area (Å²) in [5.74, 6) is 0.455. The molecule has 0 radical (unpaired) electrons. The van der Waals surface area contributed by atoms with Gasteiger partial charge in [-0.3, -0.25) is 0 Å². The van der Waals surface area contributed by atoms with Crippen LogP contribution >= 0.6 is 0 Å². The summed E-state index contributed by atoms with van der Waals surface area (Å²) in [5.41, 5.74) is 0.756. The molecule has 1 aromatic rings. The van der Waals surface area contributed by atoms with E-state index in [0.29, 0.717) is 17.9 Å². The lowest BCUT2D eigenvalue weighted by Gasteiger charge is -2.35. The molecule has 1 saturated carbocycles. The molecule has 0 aliphatic heterocycles. The first-order valence-electron chi connectivity index (χ1n) is 6.33. The van der Waals surface area contributed by atoms with Crippen LogP contribution in [0.4, 0.5) is 10.1 Å². The number of anilines is 1. The fraction of sp³-hybridized carbons (Fsp3) is 0.571. The summed E-state index contributed by atoms with van der Waals surface area (Å²) in [5, 5.41) is 12.5. The molecule has 94 valence electrons. The van der Waals surface area contributed by atoms with E-state index in [0.717, 1.165) is 12.1 Å². The molecule has 0 aromatic heterocycles. The number of halogens is 1. The van der Waals surface area contributed by atoms with Gasteiger partial charge in [-0.15, -0.1) is 0 Å². The number of benzene rings is 1. The summed E-state index contributed by atoms with van der Waals surface area (Å²) < 4.78 is 13.2. The standard InChI is InChI=1S/C14H20FNO/c1-9-4-3-5-13(10(9)2)16-11-6-7-14(17)12(15)8-11/h6-10,13,16-17H,3-5H2,1-2H3. The van der Waals surface area contributed by atoms with E-state index in [1.165, 1.54) is 25.0 Å². The van der Waals surface area contributed by atoms with Gasteiger partial charge in [-0.2, -0.15) is 0 Å². The predicted octanol–water partition coefficient (Wildman–Crippen LogP) is 3.77. The fourth-order valence-corrected chi connectivity index (χ4v) is 2.60. The van der Waals surface area contributed by atoms with E-state index in [-0.39, 0.29) is 5.75 Å². The van der Waals surface area contributed by atoms with E-state index >= 15 is 0 Å². The zero-order chi connectivity index (χ0) is 12.4. The molecular formula is C14H20FNO. The summed E-state index contributed by atoms with van der Waals surface area (Å²) in [6.07, 6.45) is 3.64. The predicted molar refractivity (Wildman–Crippen MR) is 67.7 cm³/mol.